The summed E-state index contributed by atoms with van der Waals surface area (Å²) in [6.45, 7) is 7.10. The number of aryl methyl sites for hydroxylation is 1. The van der Waals surface area contributed by atoms with Gasteiger partial charge in [-0.25, -0.2) is 4.98 Å². The van der Waals surface area contributed by atoms with Crippen molar-refractivity contribution in [2.24, 2.45) is 11.3 Å². The Labute approximate surface area is 249 Å². The molecular weight excluding hydrogens is 530 g/mol. The molecule has 0 aliphatic carbocycles. The van der Waals surface area contributed by atoms with E-state index < -0.39 is 11.5 Å². The molecule has 0 bridgehead atoms. The van der Waals surface area contributed by atoms with Crippen LogP contribution in [0.5, 0.6) is 0 Å². The molecular formula is C33H45N5O4. The van der Waals surface area contributed by atoms with Crippen molar-refractivity contribution in [3.8, 4) is 0 Å². The monoisotopic (exact) mass is 575 g/mol. The number of aromatic nitrogens is 2. The molecule has 0 unspecified atom stereocenters. The Morgan fingerprint density at radius 3 is 2.67 bits per heavy atom. The van der Waals surface area contributed by atoms with Crippen LogP contribution in [0.4, 0.5) is 0 Å². The second-order valence-corrected chi connectivity index (χ2v) is 12.4. The van der Waals surface area contributed by atoms with Gasteiger partial charge in [0, 0.05) is 76.0 Å². The van der Waals surface area contributed by atoms with E-state index in [2.05, 4.69) is 46.2 Å². The van der Waals surface area contributed by atoms with Crippen molar-refractivity contribution in [2.45, 2.75) is 83.3 Å². The number of carbonyl (C=O) groups excluding carboxylic acids is 3. The van der Waals surface area contributed by atoms with Gasteiger partial charge in [-0.1, -0.05) is 56.3 Å². The second-order valence-electron chi connectivity index (χ2n) is 12.4. The maximum Gasteiger partial charge on any atom is 0.243 e. The first-order valence-corrected chi connectivity index (χ1v) is 15.5. The summed E-state index contributed by atoms with van der Waals surface area (Å²) in [5, 5.41) is 6.44. The highest BCUT2D eigenvalue weighted by molar-refractivity contribution is 5.90. The van der Waals surface area contributed by atoms with Crippen molar-refractivity contribution in [3.63, 3.8) is 0 Å². The maximum absolute atomic E-state index is 13.8. The van der Waals surface area contributed by atoms with Crippen LogP contribution in [0, 0.1) is 11.3 Å². The van der Waals surface area contributed by atoms with Crippen LogP contribution in [0.2, 0.25) is 0 Å². The average Bonchev–Trinajstić information content (AvgIpc) is 3.48. The van der Waals surface area contributed by atoms with Gasteiger partial charge in [-0.3, -0.25) is 14.4 Å². The number of likely N-dealkylation sites (tertiary alicyclic amines) is 1. The van der Waals surface area contributed by atoms with Gasteiger partial charge >= 0.3 is 0 Å². The Bertz CT molecular complexity index is 1250. The predicted molar refractivity (Wildman–Crippen MR) is 160 cm³/mol. The average molecular weight is 576 g/mol. The summed E-state index contributed by atoms with van der Waals surface area (Å²) in [4.78, 5) is 47.2. The quantitative estimate of drug-likeness (QED) is 0.512. The van der Waals surface area contributed by atoms with Crippen molar-refractivity contribution in [3.05, 3.63) is 66.3 Å². The number of allylic oxidation sites excluding steroid dienone is 2. The zero-order valence-electron chi connectivity index (χ0n) is 25.0. The fourth-order valence-electron chi connectivity index (χ4n) is 6.59. The topological polar surface area (TPSA) is 106 Å². The van der Waals surface area contributed by atoms with Crippen LogP contribution in [0.25, 0.3) is 0 Å². The summed E-state index contributed by atoms with van der Waals surface area (Å²) in [6.07, 6.45) is 12.2. The highest BCUT2D eigenvalue weighted by Crippen LogP contribution is 2.36. The Kier molecular flexibility index (Phi) is 9.77. The van der Waals surface area contributed by atoms with Gasteiger partial charge in [-0.15, -0.1) is 0 Å². The minimum absolute atomic E-state index is 0.0670. The lowest BCUT2D eigenvalue weighted by molar-refractivity contribution is -0.140. The molecule has 5 rings (SSSR count). The first-order chi connectivity index (χ1) is 20.3. The van der Waals surface area contributed by atoms with E-state index in [1.165, 1.54) is 0 Å². The number of fused-ring (bicyclic) bond motifs is 1. The third-order valence-electron chi connectivity index (χ3n) is 9.20. The number of imidazole rings is 1. The molecule has 2 aromatic rings. The van der Waals surface area contributed by atoms with Gasteiger partial charge in [0.1, 0.15) is 11.9 Å². The number of hydrogen-bond donors (Lipinski definition) is 2. The summed E-state index contributed by atoms with van der Waals surface area (Å²) in [5.74, 6) is 1.30. The third-order valence-corrected chi connectivity index (χ3v) is 9.20. The minimum atomic E-state index is -0.673. The van der Waals surface area contributed by atoms with Crippen LogP contribution in [-0.2, 0) is 32.1 Å². The number of amides is 3. The smallest absolute Gasteiger partial charge is 0.243 e. The summed E-state index contributed by atoms with van der Waals surface area (Å²) >= 11 is 0. The second kappa shape index (κ2) is 13.7. The van der Waals surface area contributed by atoms with Crippen LogP contribution in [-0.4, -0.2) is 70.6 Å². The van der Waals surface area contributed by atoms with Gasteiger partial charge < -0.3 is 24.8 Å². The normalized spacial score (nSPS) is 24.8. The number of piperidine rings is 1. The van der Waals surface area contributed by atoms with Gasteiger partial charge in [0.05, 0.1) is 5.41 Å². The number of carbonyl (C=O) groups is 3. The molecule has 3 atom stereocenters. The largest absolute Gasteiger partial charge is 0.381 e. The summed E-state index contributed by atoms with van der Waals surface area (Å²) < 4.78 is 7.67. The highest BCUT2D eigenvalue weighted by atomic mass is 16.5. The molecule has 1 aromatic heterocycles. The van der Waals surface area contributed by atoms with E-state index in [0.717, 1.165) is 17.8 Å². The SMILES string of the molecule is CC(C)c1nccn1CCC(=O)N1CC[C@@H]2NC(=O)[C@@H](Cc3ccccc3)NC(=O)C3(CC=CC[C@@H]2C1)CCOCC3. The fraction of sp³-hybridized carbons (Fsp3) is 0.576. The van der Waals surface area contributed by atoms with E-state index in [0.29, 0.717) is 77.3 Å². The number of benzene rings is 1. The maximum atomic E-state index is 13.8. The van der Waals surface area contributed by atoms with Crippen molar-refractivity contribution in [1.29, 1.82) is 0 Å². The third kappa shape index (κ3) is 7.12. The summed E-state index contributed by atoms with van der Waals surface area (Å²) in [6, 6.07) is 9.09. The highest BCUT2D eigenvalue weighted by Gasteiger charge is 2.41. The van der Waals surface area contributed by atoms with Crippen LogP contribution in [0.1, 0.15) is 69.7 Å². The van der Waals surface area contributed by atoms with E-state index in [1.54, 1.807) is 6.20 Å². The molecule has 1 spiro atoms. The number of hydrogen-bond acceptors (Lipinski definition) is 5. The van der Waals surface area contributed by atoms with Gasteiger partial charge in [-0.05, 0) is 37.7 Å². The molecule has 3 amide bonds. The van der Waals surface area contributed by atoms with Crippen molar-refractivity contribution >= 4 is 17.7 Å². The molecule has 42 heavy (non-hydrogen) atoms. The van der Waals surface area contributed by atoms with E-state index in [1.807, 2.05) is 41.4 Å². The van der Waals surface area contributed by atoms with E-state index in [-0.39, 0.29) is 29.7 Å². The number of nitrogens with zero attached hydrogens (tertiary/aromatic N) is 3. The molecule has 2 fully saturated rings. The fourth-order valence-corrected chi connectivity index (χ4v) is 6.59. The summed E-state index contributed by atoms with van der Waals surface area (Å²) in [7, 11) is 0. The summed E-state index contributed by atoms with van der Waals surface area (Å²) in [5.41, 5.74) is 0.417. The molecule has 0 saturated carbocycles. The molecule has 4 heterocycles. The van der Waals surface area contributed by atoms with Gasteiger partial charge in [-0.2, -0.15) is 0 Å². The Morgan fingerprint density at radius 2 is 1.90 bits per heavy atom. The Hall–Kier alpha value is -3.46. The van der Waals surface area contributed by atoms with Crippen LogP contribution < -0.4 is 10.6 Å². The molecule has 226 valence electrons. The van der Waals surface area contributed by atoms with E-state index in [4.69, 9.17) is 4.74 Å². The molecule has 2 saturated heterocycles. The van der Waals surface area contributed by atoms with Crippen LogP contribution in [0.15, 0.2) is 54.9 Å². The zero-order chi connectivity index (χ0) is 29.5. The van der Waals surface area contributed by atoms with Crippen molar-refractivity contribution < 1.29 is 19.1 Å². The van der Waals surface area contributed by atoms with E-state index >= 15 is 0 Å². The standard InChI is InChI=1S/C33H45N5O4/c1-24(2)30-34-16-19-37(30)18-12-29(39)38-17-11-27-26(23-38)10-6-7-13-33(14-20-42-21-15-33)32(41)36-28(31(40)35-27)22-25-8-4-3-5-9-25/h3-9,16,19,24,26-28H,10-15,17-18,20-23H2,1-2H3,(H,35,40)(H,36,41)/t26-,27+,28-/m1/s1. The first-order valence-electron chi connectivity index (χ1n) is 15.5. The van der Waals surface area contributed by atoms with Gasteiger partial charge in [0.25, 0.3) is 0 Å². The zero-order valence-corrected chi connectivity index (χ0v) is 25.0. The van der Waals surface area contributed by atoms with Crippen molar-refractivity contribution in [1.82, 2.24) is 25.1 Å². The lowest BCUT2D eigenvalue weighted by Gasteiger charge is -2.40. The van der Waals surface area contributed by atoms with Crippen LogP contribution >= 0.6 is 0 Å². The molecule has 0 radical (unpaired) electrons. The lowest BCUT2D eigenvalue weighted by Crippen LogP contribution is -2.58. The molecule has 1 aromatic carbocycles. The minimum Gasteiger partial charge on any atom is -0.381 e. The predicted octanol–water partition coefficient (Wildman–Crippen LogP) is 3.60. The number of nitrogens with one attached hydrogen (secondary N) is 2. The molecule has 3 aliphatic rings. The Morgan fingerprint density at radius 1 is 1.12 bits per heavy atom. The molecule has 2 N–H and O–H groups in total. The lowest BCUT2D eigenvalue weighted by atomic mass is 9.75. The number of rotatable bonds is 6. The van der Waals surface area contributed by atoms with E-state index in [9.17, 15) is 14.4 Å². The molecule has 3 aliphatic heterocycles. The first kappa shape index (κ1) is 30.0. The molecule has 9 nitrogen and oxygen atoms in total. The number of ether oxygens (including phenoxy) is 1. The van der Waals surface area contributed by atoms with Crippen LogP contribution in [0.3, 0.4) is 0 Å². The Balaban J connectivity index is 1.31. The van der Waals surface area contributed by atoms with Crippen molar-refractivity contribution in [2.75, 3.05) is 26.3 Å². The van der Waals surface area contributed by atoms with Gasteiger partial charge in [0.15, 0.2) is 0 Å². The van der Waals surface area contributed by atoms with Gasteiger partial charge in [0.2, 0.25) is 17.7 Å². The molecule has 9 heteroatoms.